The van der Waals surface area contributed by atoms with Crippen molar-refractivity contribution in [2.45, 2.75) is 12.6 Å². The number of benzene rings is 1. The molecule has 0 aliphatic rings. The van der Waals surface area contributed by atoms with Crippen molar-refractivity contribution in [3.05, 3.63) is 65.0 Å². The maximum absolute atomic E-state index is 12.9. The molecule has 0 spiro atoms. The average molecular weight is 281 g/mol. The fourth-order valence-corrected chi connectivity index (χ4v) is 1.86. The van der Waals surface area contributed by atoms with Gasteiger partial charge in [0.2, 0.25) is 0 Å². The molecule has 0 unspecified atom stereocenters. The average Bonchev–Trinajstić information content (AvgIpc) is 2.38. The molecule has 0 saturated carbocycles. The summed E-state index contributed by atoms with van der Waals surface area (Å²) < 4.78 is 38.6. The minimum absolute atomic E-state index is 0.261. The highest BCUT2D eigenvalue weighted by molar-refractivity contribution is 5.89. The van der Waals surface area contributed by atoms with Crippen LogP contribution < -0.4 is 0 Å². The van der Waals surface area contributed by atoms with Gasteiger partial charge in [0.05, 0.1) is 11.1 Å². The van der Waals surface area contributed by atoms with Crippen molar-refractivity contribution in [3.63, 3.8) is 0 Å². The summed E-state index contributed by atoms with van der Waals surface area (Å²) in [5, 5.41) is 8.80. The molecule has 1 heterocycles. The van der Waals surface area contributed by atoms with E-state index in [0.717, 1.165) is 17.7 Å². The molecule has 0 radical (unpaired) electrons. The maximum Gasteiger partial charge on any atom is 0.417 e. The summed E-state index contributed by atoms with van der Waals surface area (Å²) >= 11 is 0. The Kier molecular flexibility index (Phi) is 3.74. The molecule has 2 rings (SSSR count). The van der Waals surface area contributed by atoms with Crippen LogP contribution in [-0.4, -0.2) is 16.1 Å². The third kappa shape index (κ3) is 3.14. The second-order valence-electron chi connectivity index (χ2n) is 4.22. The van der Waals surface area contributed by atoms with Gasteiger partial charge in [0.25, 0.3) is 0 Å². The van der Waals surface area contributed by atoms with E-state index in [1.54, 1.807) is 24.5 Å². The lowest BCUT2D eigenvalue weighted by molar-refractivity contribution is -0.138. The van der Waals surface area contributed by atoms with Gasteiger partial charge in [-0.3, -0.25) is 4.98 Å². The molecule has 20 heavy (non-hydrogen) atoms. The van der Waals surface area contributed by atoms with Crippen LogP contribution in [0.5, 0.6) is 0 Å². The van der Waals surface area contributed by atoms with Crippen molar-refractivity contribution in [2.75, 3.05) is 0 Å². The van der Waals surface area contributed by atoms with Gasteiger partial charge in [0, 0.05) is 12.4 Å². The van der Waals surface area contributed by atoms with Crippen LogP contribution in [0.15, 0.2) is 42.7 Å². The van der Waals surface area contributed by atoms with Gasteiger partial charge >= 0.3 is 12.1 Å². The Bertz CT molecular complexity index is 624. The van der Waals surface area contributed by atoms with Gasteiger partial charge in [0.1, 0.15) is 0 Å². The van der Waals surface area contributed by atoms with E-state index in [1.165, 1.54) is 6.07 Å². The van der Waals surface area contributed by atoms with E-state index in [9.17, 15) is 18.0 Å². The van der Waals surface area contributed by atoms with E-state index in [1.807, 2.05) is 0 Å². The van der Waals surface area contributed by atoms with Gasteiger partial charge in [-0.2, -0.15) is 13.2 Å². The highest BCUT2D eigenvalue weighted by Crippen LogP contribution is 2.33. The number of alkyl halides is 3. The van der Waals surface area contributed by atoms with Crippen LogP contribution >= 0.6 is 0 Å². The Morgan fingerprint density at radius 1 is 1.20 bits per heavy atom. The third-order valence-corrected chi connectivity index (χ3v) is 2.75. The second-order valence-corrected chi connectivity index (χ2v) is 4.22. The number of rotatable bonds is 3. The number of aromatic nitrogens is 1. The van der Waals surface area contributed by atoms with Crippen LogP contribution in [0.3, 0.4) is 0 Å². The Hall–Kier alpha value is -2.37. The van der Waals surface area contributed by atoms with E-state index >= 15 is 0 Å². The molecule has 0 amide bonds. The van der Waals surface area contributed by atoms with E-state index in [4.69, 9.17) is 5.11 Å². The normalized spacial score (nSPS) is 11.3. The summed E-state index contributed by atoms with van der Waals surface area (Å²) in [6.45, 7) is 0. The zero-order valence-electron chi connectivity index (χ0n) is 10.2. The van der Waals surface area contributed by atoms with E-state index < -0.39 is 23.3 Å². The molecule has 0 aliphatic carbocycles. The predicted octanol–water partition coefficient (Wildman–Crippen LogP) is 3.39. The molecule has 0 atom stereocenters. The quantitative estimate of drug-likeness (QED) is 0.938. The number of carboxylic acids is 1. The Labute approximate surface area is 112 Å². The van der Waals surface area contributed by atoms with E-state index in [0.29, 0.717) is 5.56 Å². The van der Waals surface area contributed by atoms with Crippen LogP contribution in [0.25, 0.3) is 0 Å². The molecule has 0 fully saturated rings. The number of hydrogen-bond donors (Lipinski definition) is 1. The highest BCUT2D eigenvalue weighted by Gasteiger charge is 2.35. The lowest BCUT2D eigenvalue weighted by atomic mass is 9.99. The van der Waals surface area contributed by atoms with Crippen molar-refractivity contribution >= 4 is 5.97 Å². The smallest absolute Gasteiger partial charge is 0.417 e. The largest absolute Gasteiger partial charge is 0.478 e. The molecular weight excluding hydrogens is 271 g/mol. The Balaban J connectivity index is 2.40. The fraction of sp³-hybridized carbons (Fsp3) is 0.143. The van der Waals surface area contributed by atoms with Crippen LogP contribution in [0.1, 0.15) is 27.0 Å². The molecule has 0 aliphatic heterocycles. The zero-order valence-corrected chi connectivity index (χ0v) is 10.2. The van der Waals surface area contributed by atoms with E-state index in [2.05, 4.69) is 4.98 Å². The number of halogens is 3. The Morgan fingerprint density at radius 3 is 2.50 bits per heavy atom. The third-order valence-electron chi connectivity index (χ3n) is 2.75. The summed E-state index contributed by atoms with van der Waals surface area (Å²) in [6, 6.07) is 6.66. The molecule has 3 nitrogen and oxygen atoms in total. The molecule has 1 N–H and O–H groups in total. The monoisotopic (exact) mass is 281 g/mol. The lowest BCUT2D eigenvalue weighted by Crippen LogP contribution is -2.13. The molecule has 0 saturated heterocycles. The number of nitrogens with zero attached hydrogens (tertiary/aromatic N) is 1. The summed E-state index contributed by atoms with van der Waals surface area (Å²) in [5.41, 5.74) is -0.738. The first-order valence-electron chi connectivity index (χ1n) is 5.70. The minimum atomic E-state index is -4.70. The van der Waals surface area contributed by atoms with E-state index in [-0.39, 0.29) is 6.42 Å². The van der Waals surface area contributed by atoms with Gasteiger partial charge in [0.15, 0.2) is 0 Å². The van der Waals surface area contributed by atoms with Gasteiger partial charge < -0.3 is 5.11 Å². The summed E-state index contributed by atoms with van der Waals surface area (Å²) in [5.74, 6) is -1.59. The number of hydrogen-bond acceptors (Lipinski definition) is 2. The predicted molar refractivity (Wildman–Crippen MR) is 65.4 cm³/mol. The van der Waals surface area contributed by atoms with Crippen molar-refractivity contribution in [1.82, 2.24) is 4.98 Å². The number of carbonyl (C=O) groups is 1. The molecule has 104 valence electrons. The molecule has 6 heteroatoms. The van der Waals surface area contributed by atoms with Crippen molar-refractivity contribution in [1.29, 1.82) is 0 Å². The summed E-state index contributed by atoms with van der Waals surface area (Å²) in [7, 11) is 0. The second kappa shape index (κ2) is 5.32. The van der Waals surface area contributed by atoms with Crippen molar-refractivity contribution in [3.8, 4) is 0 Å². The lowest BCUT2D eigenvalue weighted by Gasteiger charge is -2.12. The SMILES string of the molecule is O=C(O)c1ccc(Cc2cccnc2)cc1C(F)(F)F. The van der Waals surface area contributed by atoms with Crippen molar-refractivity contribution < 1.29 is 23.1 Å². The topological polar surface area (TPSA) is 50.2 Å². The Morgan fingerprint density at radius 2 is 1.95 bits per heavy atom. The van der Waals surface area contributed by atoms with Gasteiger partial charge in [-0.25, -0.2) is 4.79 Å². The van der Waals surface area contributed by atoms with Gasteiger partial charge in [-0.05, 0) is 35.7 Å². The van der Waals surface area contributed by atoms with Crippen LogP contribution in [0.4, 0.5) is 13.2 Å². The van der Waals surface area contributed by atoms with Crippen LogP contribution in [0.2, 0.25) is 0 Å². The first-order valence-corrected chi connectivity index (χ1v) is 5.70. The molecule has 0 bridgehead atoms. The first-order chi connectivity index (χ1) is 9.38. The molecule has 1 aromatic heterocycles. The summed E-state index contributed by atoms with van der Waals surface area (Å²) in [6.07, 6.45) is -1.31. The highest BCUT2D eigenvalue weighted by atomic mass is 19.4. The van der Waals surface area contributed by atoms with Crippen LogP contribution in [0, 0.1) is 0 Å². The molecule has 2 aromatic rings. The number of aromatic carboxylic acids is 1. The van der Waals surface area contributed by atoms with Crippen LogP contribution in [-0.2, 0) is 12.6 Å². The number of pyridine rings is 1. The molecular formula is C14H10F3NO2. The fourth-order valence-electron chi connectivity index (χ4n) is 1.86. The number of carboxylic acid groups (broad SMARTS) is 1. The minimum Gasteiger partial charge on any atom is -0.478 e. The van der Waals surface area contributed by atoms with Gasteiger partial charge in [-0.1, -0.05) is 12.1 Å². The molecule has 1 aromatic carbocycles. The van der Waals surface area contributed by atoms with Crippen molar-refractivity contribution in [2.24, 2.45) is 0 Å². The maximum atomic E-state index is 12.9. The summed E-state index contributed by atoms with van der Waals surface area (Å²) in [4.78, 5) is 14.7. The standard InChI is InChI=1S/C14H10F3NO2/c15-14(16,17)12-7-9(3-4-11(12)13(19)20)6-10-2-1-5-18-8-10/h1-5,7-8H,6H2,(H,19,20). The van der Waals surface area contributed by atoms with Gasteiger partial charge in [-0.15, -0.1) is 0 Å². The zero-order chi connectivity index (χ0) is 14.8. The first kappa shape index (κ1) is 14.0.